The van der Waals surface area contributed by atoms with Crippen LogP contribution < -0.4 is 10.3 Å². The molecule has 0 bridgehead atoms. The summed E-state index contributed by atoms with van der Waals surface area (Å²) in [5.74, 6) is -0.300. The molecule has 7 nitrogen and oxygen atoms in total. The van der Waals surface area contributed by atoms with Crippen LogP contribution in [0.4, 0.5) is 19.0 Å². The lowest BCUT2D eigenvalue weighted by Gasteiger charge is -2.12. The lowest BCUT2D eigenvalue weighted by molar-refractivity contribution is -0.137. The Morgan fingerprint density at radius 3 is 2.38 bits per heavy atom. The lowest BCUT2D eigenvalue weighted by Crippen LogP contribution is -2.30. The molecular formula is C11H10Cl2F3N5O2S. The van der Waals surface area contributed by atoms with Gasteiger partial charge in [0.2, 0.25) is 0 Å². The summed E-state index contributed by atoms with van der Waals surface area (Å²) in [6.07, 6.45) is -4.10. The number of anilines is 1. The van der Waals surface area contributed by atoms with Gasteiger partial charge >= 0.3 is 6.18 Å². The zero-order chi connectivity index (χ0) is 18.3. The molecule has 2 heterocycles. The minimum Gasteiger partial charge on any atom is -0.291 e. The monoisotopic (exact) mass is 403 g/mol. The number of alkyl halides is 3. The van der Waals surface area contributed by atoms with Crippen LogP contribution in [-0.4, -0.2) is 23.2 Å². The Balaban J connectivity index is 2.24. The van der Waals surface area contributed by atoms with E-state index in [-0.39, 0.29) is 21.6 Å². The van der Waals surface area contributed by atoms with Crippen molar-refractivity contribution in [1.82, 2.24) is 19.6 Å². The van der Waals surface area contributed by atoms with E-state index in [0.717, 1.165) is 4.68 Å². The number of hydrazine groups is 1. The van der Waals surface area contributed by atoms with Gasteiger partial charge in [-0.3, -0.25) is 10.1 Å². The molecule has 2 rings (SSSR count). The highest BCUT2D eigenvalue weighted by Gasteiger charge is 2.32. The minimum atomic E-state index is -4.62. The van der Waals surface area contributed by atoms with Crippen molar-refractivity contribution in [2.75, 3.05) is 5.43 Å². The third-order valence-corrected chi connectivity index (χ3v) is 5.07. The van der Waals surface area contributed by atoms with Crippen LogP contribution in [0.3, 0.4) is 0 Å². The molecule has 0 aromatic carbocycles. The first kappa shape index (κ1) is 18.8. The number of nitrogens with zero attached hydrogens (tertiary/aromatic N) is 3. The molecule has 0 spiro atoms. The van der Waals surface area contributed by atoms with Crippen LogP contribution in [-0.2, 0) is 23.2 Å². The number of sulfonamides is 1. The Morgan fingerprint density at radius 1 is 1.29 bits per heavy atom. The van der Waals surface area contributed by atoms with E-state index in [1.165, 1.54) is 14.0 Å². The van der Waals surface area contributed by atoms with Crippen LogP contribution in [0, 0.1) is 6.92 Å². The van der Waals surface area contributed by atoms with Crippen LogP contribution in [0.25, 0.3) is 0 Å². The van der Waals surface area contributed by atoms with Crippen molar-refractivity contribution < 1.29 is 21.6 Å². The highest BCUT2D eigenvalue weighted by molar-refractivity contribution is 7.89. The van der Waals surface area contributed by atoms with Crippen molar-refractivity contribution >= 4 is 39.0 Å². The van der Waals surface area contributed by atoms with Crippen molar-refractivity contribution in [3.05, 3.63) is 33.7 Å². The van der Waals surface area contributed by atoms with Gasteiger partial charge in [-0.1, -0.05) is 23.2 Å². The van der Waals surface area contributed by atoms with Gasteiger partial charge in [-0.25, -0.2) is 13.4 Å². The summed E-state index contributed by atoms with van der Waals surface area (Å²) in [6.45, 7) is 1.43. The molecule has 0 saturated carbocycles. The topological polar surface area (TPSA) is 88.9 Å². The number of halogens is 5. The molecule has 0 amide bonds. The van der Waals surface area contributed by atoms with Crippen LogP contribution in [0.5, 0.6) is 0 Å². The second-order valence-corrected chi connectivity index (χ2v) is 7.00. The molecule has 0 saturated heterocycles. The number of hydrogen-bond acceptors (Lipinski definition) is 5. The Labute approximate surface area is 144 Å². The fraction of sp³-hybridized carbons (Fsp3) is 0.273. The van der Waals surface area contributed by atoms with E-state index < -0.39 is 26.8 Å². The van der Waals surface area contributed by atoms with Gasteiger partial charge in [-0.2, -0.15) is 18.3 Å². The van der Waals surface area contributed by atoms with Gasteiger partial charge in [0.25, 0.3) is 10.0 Å². The van der Waals surface area contributed by atoms with Gasteiger partial charge < -0.3 is 0 Å². The highest BCUT2D eigenvalue weighted by Crippen LogP contribution is 2.32. The van der Waals surface area contributed by atoms with Crippen molar-refractivity contribution in [3.8, 4) is 0 Å². The van der Waals surface area contributed by atoms with Crippen LogP contribution in [0.15, 0.2) is 17.2 Å². The molecule has 0 aliphatic carbocycles. The van der Waals surface area contributed by atoms with Crippen LogP contribution >= 0.6 is 23.2 Å². The van der Waals surface area contributed by atoms with E-state index in [9.17, 15) is 21.6 Å². The quantitative estimate of drug-likeness (QED) is 0.766. The molecular weight excluding hydrogens is 394 g/mol. The van der Waals surface area contributed by atoms with E-state index in [0.29, 0.717) is 12.3 Å². The van der Waals surface area contributed by atoms with Crippen molar-refractivity contribution in [3.63, 3.8) is 0 Å². The Hall–Kier alpha value is -1.56. The first-order chi connectivity index (χ1) is 10.9. The second kappa shape index (κ2) is 6.39. The third kappa shape index (κ3) is 3.74. The molecule has 132 valence electrons. The second-order valence-electron chi connectivity index (χ2n) is 4.61. The molecule has 2 aromatic rings. The largest absolute Gasteiger partial charge is 0.417 e. The first-order valence-electron chi connectivity index (χ1n) is 6.13. The molecule has 0 unspecified atom stereocenters. The summed E-state index contributed by atoms with van der Waals surface area (Å²) in [5.41, 5.74) is 1.23. The fourth-order valence-electron chi connectivity index (χ4n) is 1.77. The molecule has 24 heavy (non-hydrogen) atoms. The van der Waals surface area contributed by atoms with Gasteiger partial charge in [0.1, 0.15) is 10.0 Å². The Kier molecular flexibility index (Phi) is 5.00. The van der Waals surface area contributed by atoms with Gasteiger partial charge in [-0.05, 0) is 13.0 Å². The van der Waals surface area contributed by atoms with E-state index in [1.54, 1.807) is 0 Å². The maximum atomic E-state index is 12.5. The number of rotatable bonds is 4. The molecule has 0 atom stereocenters. The summed E-state index contributed by atoms with van der Waals surface area (Å²) >= 11 is 11.5. The summed E-state index contributed by atoms with van der Waals surface area (Å²) < 4.78 is 63.2. The maximum Gasteiger partial charge on any atom is 0.417 e. The van der Waals surface area contributed by atoms with Crippen molar-refractivity contribution in [1.29, 1.82) is 0 Å². The number of hydrogen-bond donors (Lipinski definition) is 2. The Bertz CT molecular complexity index is 883. The maximum absolute atomic E-state index is 12.5. The lowest BCUT2D eigenvalue weighted by atomic mass is 10.3. The zero-order valence-corrected chi connectivity index (χ0v) is 14.4. The van der Waals surface area contributed by atoms with E-state index in [4.69, 9.17) is 23.2 Å². The minimum absolute atomic E-state index is 0.131. The SMILES string of the molecule is Cc1nn(C)c(Cl)c1S(=O)(=O)NNc1ncc(C(F)(F)F)cc1Cl. The van der Waals surface area contributed by atoms with Gasteiger partial charge in [-0.15, -0.1) is 4.83 Å². The molecule has 0 fully saturated rings. The fourth-order valence-corrected chi connectivity index (χ4v) is 3.58. The summed E-state index contributed by atoms with van der Waals surface area (Å²) in [6, 6.07) is 0.619. The van der Waals surface area contributed by atoms with Gasteiger partial charge in [0, 0.05) is 13.2 Å². The number of aryl methyl sites for hydroxylation is 2. The standard InChI is InChI=1S/C11H10Cl2F3N5O2S/c1-5-8(9(13)21(2)19-5)24(22,23)20-18-10-7(12)3-6(4-17-10)11(14,15)16/h3-4,20H,1-2H3,(H,17,18). The van der Waals surface area contributed by atoms with E-state index >= 15 is 0 Å². The average molecular weight is 404 g/mol. The summed E-state index contributed by atoms with van der Waals surface area (Å²) in [4.78, 5) is 5.11. The van der Waals surface area contributed by atoms with E-state index in [1.807, 2.05) is 4.83 Å². The summed E-state index contributed by atoms with van der Waals surface area (Å²) in [5, 5.41) is 3.31. The van der Waals surface area contributed by atoms with E-state index in [2.05, 4.69) is 15.5 Å². The molecule has 0 aliphatic heterocycles. The summed E-state index contributed by atoms with van der Waals surface area (Å²) in [7, 11) is -2.70. The first-order valence-corrected chi connectivity index (χ1v) is 8.37. The van der Waals surface area contributed by atoms with Crippen molar-refractivity contribution in [2.45, 2.75) is 18.0 Å². The van der Waals surface area contributed by atoms with Crippen LogP contribution in [0.1, 0.15) is 11.3 Å². The van der Waals surface area contributed by atoms with Crippen molar-refractivity contribution in [2.24, 2.45) is 7.05 Å². The smallest absolute Gasteiger partial charge is 0.291 e. The van der Waals surface area contributed by atoms with Gasteiger partial charge in [0.15, 0.2) is 5.82 Å². The normalized spacial score (nSPS) is 12.5. The molecule has 0 radical (unpaired) electrons. The highest BCUT2D eigenvalue weighted by atomic mass is 35.5. The number of aromatic nitrogens is 3. The zero-order valence-electron chi connectivity index (χ0n) is 12.1. The predicted molar refractivity (Wildman–Crippen MR) is 81.1 cm³/mol. The predicted octanol–water partition coefficient (Wildman–Crippen LogP) is 2.75. The molecule has 2 N–H and O–H groups in total. The number of pyridine rings is 1. The average Bonchev–Trinajstić information content (AvgIpc) is 2.70. The third-order valence-electron chi connectivity index (χ3n) is 2.84. The molecule has 2 aromatic heterocycles. The Morgan fingerprint density at radius 2 is 1.92 bits per heavy atom. The molecule has 0 aliphatic rings. The molecule has 13 heteroatoms. The van der Waals surface area contributed by atoms with Crippen LogP contribution in [0.2, 0.25) is 10.2 Å². The van der Waals surface area contributed by atoms with Gasteiger partial charge in [0.05, 0.1) is 16.3 Å². The number of nitrogens with one attached hydrogen (secondary N) is 2.